The first-order valence-electron chi connectivity index (χ1n) is 7.11. The molecule has 0 aromatic heterocycles. The summed E-state index contributed by atoms with van der Waals surface area (Å²) in [5.74, 6) is -0.245. The molecule has 7 heteroatoms. The van der Waals surface area contributed by atoms with Crippen molar-refractivity contribution < 1.29 is 13.2 Å². The van der Waals surface area contributed by atoms with Gasteiger partial charge in [0.15, 0.2) is 9.84 Å². The summed E-state index contributed by atoms with van der Waals surface area (Å²) < 4.78 is 23.3. The first kappa shape index (κ1) is 18.9. The molecule has 5 nitrogen and oxygen atoms in total. The van der Waals surface area contributed by atoms with Crippen LogP contribution in [-0.4, -0.2) is 32.7 Å². The highest BCUT2D eigenvalue weighted by molar-refractivity contribution is 7.90. The number of rotatable bonds is 4. The molecule has 0 bridgehead atoms. The first-order chi connectivity index (χ1) is 9.77. The lowest BCUT2D eigenvalue weighted by molar-refractivity contribution is 0.0902. The molecule has 1 fully saturated rings. The molecule has 0 saturated heterocycles. The van der Waals surface area contributed by atoms with Crippen molar-refractivity contribution in [1.29, 1.82) is 0 Å². The van der Waals surface area contributed by atoms with Crippen molar-refractivity contribution in [3.8, 4) is 0 Å². The second-order valence-corrected chi connectivity index (χ2v) is 7.91. The van der Waals surface area contributed by atoms with Crippen molar-refractivity contribution in [2.75, 3.05) is 12.8 Å². The molecular formula is C15H23ClN2O3S. The molecule has 0 radical (unpaired) electrons. The molecular weight excluding hydrogens is 324 g/mol. The van der Waals surface area contributed by atoms with Crippen LogP contribution in [0.5, 0.6) is 0 Å². The Bertz CT molecular complexity index is 653. The normalized spacial score (nSPS) is 16.9. The van der Waals surface area contributed by atoms with E-state index in [9.17, 15) is 13.2 Å². The van der Waals surface area contributed by atoms with Crippen LogP contribution in [0.3, 0.4) is 0 Å². The van der Waals surface area contributed by atoms with E-state index < -0.39 is 9.84 Å². The molecule has 2 rings (SSSR count). The van der Waals surface area contributed by atoms with Crippen molar-refractivity contribution in [3.63, 3.8) is 0 Å². The van der Waals surface area contributed by atoms with Crippen LogP contribution in [0.1, 0.15) is 41.6 Å². The van der Waals surface area contributed by atoms with Gasteiger partial charge in [-0.05, 0) is 37.5 Å². The topological polar surface area (TPSA) is 89.3 Å². The Labute approximate surface area is 138 Å². The zero-order chi connectivity index (χ0) is 15.7. The maximum atomic E-state index is 12.5. The van der Waals surface area contributed by atoms with Crippen LogP contribution in [0.15, 0.2) is 23.1 Å². The minimum atomic E-state index is -3.33. The van der Waals surface area contributed by atoms with Crippen molar-refractivity contribution >= 4 is 28.2 Å². The number of hydrogen-bond donors (Lipinski definition) is 2. The highest BCUT2D eigenvalue weighted by Gasteiger charge is 2.34. The molecule has 0 unspecified atom stereocenters. The number of aryl methyl sites for hydroxylation is 1. The third-order valence-corrected chi connectivity index (χ3v) is 5.32. The Kier molecular flexibility index (Phi) is 6.01. The van der Waals surface area contributed by atoms with E-state index in [4.69, 9.17) is 5.73 Å². The molecule has 22 heavy (non-hydrogen) atoms. The third kappa shape index (κ3) is 4.00. The lowest BCUT2D eigenvalue weighted by Gasteiger charge is -2.29. The van der Waals surface area contributed by atoms with Gasteiger partial charge in [-0.25, -0.2) is 8.42 Å². The molecule has 1 aromatic carbocycles. The van der Waals surface area contributed by atoms with E-state index in [1.165, 1.54) is 12.1 Å². The second kappa shape index (κ2) is 6.98. The zero-order valence-electron chi connectivity index (χ0n) is 12.9. The van der Waals surface area contributed by atoms with Gasteiger partial charge in [-0.3, -0.25) is 4.79 Å². The lowest BCUT2D eigenvalue weighted by atomic mass is 9.96. The zero-order valence-corrected chi connectivity index (χ0v) is 14.5. The van der Waals surface area contributed by atoms with Gasteiger partial charge in [-0.2, -0.15) is 0 Å². The number of benzene rings is 1. The Hall–Kier alpha value is -1.11. The number of hydrogen-bond acceptors (Lipinski definition) is 4. The quantitative estimate of drug-likeness (QED) is 0.870. The highest BCUT2D eigenvalue weighted by Crippen LogP contribution is 2.29. The summed E-state index contributed by atoms with van der Waals surface area (Å²) >= 11 is 0. The van der Waals surface area contributed by atoms with E-state index in [-0.39, 0.29) is 28.7 Å². The molecule has 124 valence electrons. The number of carbonyl (C=O) groups is 1. The van der Waals surface area contributed by atoms with Gasteiger partial charge < -0.3 is 11.1 Å². The van der Waals surface area contributed by atoms with Crippen LogP contribution < -0.4 is 11.1 Å². The standard InChI is InChI=1S/C15H22N2O3S.ClH/c1-11-5-6-12(21(2,19)20)9-13(11)14(18)17-15(10-16)7-3-4-8-15;/h5-6,9H,3-4,7-8,10,16H2,1-2H3,(H,17,18);1H. The number of carbonyl (C=O) groups excluding carboxylic acids is 1. The Morgan fingerprint density at radius 3 is 2.41 bits per heavy atom. The SMILES string of the molecule is Cc1ccc(S(C)(=O)=O)cc1C(=O)NC1(CN)CCCC1.Cl. The van der Waals surface area contributed by atoms with Crippen LogP contribution in [0, 0.1) is 6.92 Å². The van der Waals surface area contributed by atoms with E-state index >= 15 is 0 Å². The van der Waals surface area contributed by atoms with Crippen molar-refractivity contribution in [1.82, 2.24) is 5.32 Å². The van der Waals surface area contributed by atoms with Crippen LogP contribution in [0.4, 0.5) is 0 Å². The van der Waals surface area contributed by atoms with Crippen LogP contribution in [-0.2, 0) is 9.84 Å². The minimum absolute atomic E-state index is 0. The molecule has 0 heterocycles. The summed E-state index contributed by atoms with van der Waals surface area (Å²) in [5, 5.41) is 3.02. The molecule has 1 aliphatic rings. The van der Waals surface area contributed by atoms with Crippen LogP contribution in [0.25, 0.3) is 0 Å². The van der Waals surface area contributed by atoms with E-state index in [0.29, 0.717) is 12.1 Å². The Balaban J connectivity index is 0.00000242. The minimum Gasteiger partial charge on any atom is -0.345 e. The van der Waals surface area contributed by atoms with Crippen molar-refractivity contribution in [3.05, 3.63) is 29.3 Å². The van der Waals surface area contributed by atoms with Gasteiger partial charge in [0, 0.05) is 18.4 Å². The fraction of sp³-hybridized carbons (Fsp3) is 0.533. The monoisotopic (exact) mass is 346 g/mol. The predicted octanol–water partition coefficient (Wildman–Crippen LogP) is 1.82. The molecule has 0 spiro atoms. The van der Waals surface area contributed by atoms with Gasteiger partial charge in [0.1, 0.15) is 0 Å². The summed E-state index contributed by atoms with van der Waals surface area (Å²) in [6.45, 7) is 2.20. The van der Waals surface area contributed by atoms with Gasteiger partial charge >= 0.3 is 0 Å². The largest absolute Gasteiger partial charge is 0.345 e. The summed E-state index contributed by atoms with van der Waals surface area (Å²) in [5.41, 5.74) is 6.63. The maximum absolute atomic E-state index is 12.5. The second-order valence-electron chi connectivity index (χ2n) is 5.89. The molecule has 0 atom stereocenters. The van der Waals surface area contributed by atoms with Gasteiger partial charge in [0.05, 0.1) is 10.4 Å². The molecule has 0 aliphatic heterocycles. The summed E-state index contributed by atoms with van der Waals surface area (Å²) in [4.78, 5) is 12.7. The van der Waals surface area contributed by atoms with Gasteiger partial charge in [-0.1, -0.05) is 18.9 Å². The van der Waals surface area contributed by atoms with Crippen LogP contribution in [0.2, 0.25) is 0 Å². The Morgan fingerprint density at radius 2 is 1.91 bits per heavy atom. The van der Waals surface area contributed by atoms with Crippen LogP contribution >= 0.6 is 12.4 Å². The first-order valence-corrected chi connectivity index (χ1v) is 9.00. The fourth-order valence-electron chi connectivity index (χ4n) is 2.82. The lowest BCUT2D eigenvalue weighted by Crippen LogP contribution is -2.51. The smallest absolute Gasteiger partial charge is 0.252 e. The average Bonchev–Trinajstić information content (AvgIpc) is 2.87. The molecule has 1 aliphatic carbocycles. The van der Waals surface area contributed by atoms with E-state index in [1.807, 2.05) is 0 Å². The van der Waals surface area contributed by atoms with Gasteiger partial charge in [0.25, 0.3) is 5.91 Å². The third-order valence-electron chi connectivity index (χ3n) is 4.21. The number of amides is 1. The predicted molar refractivity (Wildman–Crippen MR) is 89.3 cm³/mol. The molecule has 1 aromatic rings. The molecule has 1 saturated carbocycles. The fourth-order valence-corrected chi connectivity index (χ4v) is 3.46. The molecule has 1 amide bonds. The summed E-state index contributed by atoms with van der Waals surface area (Å²) in [6.07, 6.45) is 5.00. The average molecular weight is 347 g/mol. The van der Waals surface area contributed by atoms with Gasteiger partial charge in [0.2, 0.25) is 0 Å². The number of nitrogens with one attached hydrogen (secondary N) is 1. The number of halogens is 1. The van der Waals surface area contributed by atoms with E-state index in [1.54, 1.807) is 13.0 Å². The van der Waals surface area contributed by atoms with E-state index in [2.05, 4.69) is 5.32 Å². The molecule has 3 N–H and O–H groups in total. The number of sulfone groups is 1. The highest BCUT2D eigenvalue weighted by atomic mass is 35.5. The van der Waals surface area contributed by atoms with E-state index in [0.717, 1.165) is 37.5 Å². The number of nitrogens with two attached hydrogens (primary N) is 1. The van der Waals surface area contributed by atoms with Gasteiger partial charge in [-0.15, -0.1) is 12.4 Å². The van der Waals surface area contributed by atoms with Crippen molar-refractivity contribution in [2.24, 2.45) is 5.73 Å². The summed E-state index contributed by atoms with van der Waals surface area (Å²) in [7, 11) is -3.33. The Morgan fingerprint density at radius 1 is 1.32 bits per heavy atom. The summed E-state index contributed by atoms with van der Waals surface area (Å²) in [6, 6.07) is 4.63. The maximum Gasteiger partial charge on any atom is 0.252 e. The van der Waals surface area contributed by atoms with Crippen molar-refractivity contribution in [2.45, 2.75) is 43.0 Å².